The number of hydrogen-bond donors (Lipinski definition) is 3. The Bertz CT molecular complexity index is 526. The van der Waals surface area contributed by atoms with E-state index in [0.717, 1.165) is 16.8 Å². The molecule has 0 heterocycles. The van der Waals surface area contributed by atoms with E-state index in [4.69, 9.17) is 16.2 Å². The molecule has 5 N–H and O–H groups in total. The molecule has 0 aromatic heterocycles. The molecule has 1 unspecified atom stereocenters. The zero-order chi connectivity index (χ0) is 13.7. The van der Waals surface area contributed by atoms with Crippen molar-refractivity contribution in [2.24, 2.45) is 5.73 Å². The minimum Gasteiger partial charge on any atom is -0.491 e. The van der Waals surface area contributed by atoms with Gasteiger partial charge in [-0.05, 0) is 35.4 Å². The summed E-state index contributed by atoms with van der Waals surface area (Å²) in [5.41, 5.74) is 13.9. The summed E-state index contributed by atoms with van der Waals surface area (Å²) in [6, 6.07) is 15.3. The number of anilines is 1. The Labute approximate surface area is 112 Å². The average molecular weight is 258 g/mol. The molecule has 0 spiro atoms. The molecular weight excluding hydrogens is 240 g/mol. The molecular formula is C15H18N2O2. The molecule has 0 aliphatic rings. The van der Waals surface area contributed by atoms with Gasteiger partial charge in [0.15, 0.2) is 0 Å². The van der Waals surface area contributed by atoms with Crippen LogP contribution < -0.4 is 16.2 Å². The van der Waals surface area contributed by atoms with Crippen molar-refractivity contribution in [3.8, 4) is 16.9 Å². The van der Waals surface area contributed by atoms with Crippen LogP contribution in [-0.4, -0.2) is 24.4 Å². The Kier molecular flexibility index (Phi) is 4.39. The summed E-state index contributed by atoms with van der Waals surface area (Å²) in [5.74, 6) is 0.708. The van der Waals surface area contributed by atoms with Crippen molar-refractivity contribution in [1.29, 1.82) is 0 Å². The van der Waals surface area contributed by atoms with Crippen molar-refractivity contribution in [2.45, 2.75) is 6.10 Å². The minimum absolute atomic E-state index is 0.196. The fraction of sp³-hybridized carbons (Fsp3) is 0.200. The maximum atomic E-state index is 9.32. The van der Waals surface area contributed by atoms with E-state index in [1.165, 1.54) is 0 Å². The summed E-state index contributed by atoms with van der Waals surface area (Å²) in [4.78, 5) is 0. The number of ether oxygens (including phenoxy) is 1. The maximum absolute atomic E-state index is 9.32. The molecule has 0 aliphatic carbocycles. The van der Waals surface area contributed by atoms with Gasteiger partial charge in [0.25, 0.3) is 0 Å². The largest absolute Gasteiger partial charge is 0.491 e. The first-order valence-corrected chi connectivity index (χ1v) is 6.16. The van der Waals surface area contributed by atoms with Crippen LogP contribution in [0.2, 0.25) is 0 Å². The molecule has 0 aliphatic heterocycles. The first-order valence-electron chi connectivity index (χ1n) is 6.16. The van der Waals surface area contributed by atoms with E-state index in [9.17, 15) is 5.11 Å². The minimum atomic E-state index is -0.631. The topological polar surface area (TPSA) is 81.5 Å². The highest BCUT2D eigenvalue weighted by Crippen LogP contribution is 2.23. The van der Waals surface area contributed by atoms with Gasteiger partial charge in [-0.15, -0.1) is 0 Å². The number of aliphatic hydroxyl groups is 1. The third kappa shape index (κ3) is 3.71. The maximum Gasteiger partial charge on any atom is 0.119 e. The van der Waals surface area contributed by atoms with E-state index >= 15 is 0 Å². The van der Waals surface area contributed by atoms with Crippen LogP contribution >= 0.6 is 0 Å². The Morgan fingerprint density at radius 1 is 1.05 bits per heavy atom. The van der Waals surface area contributed by atoms with Crippen LogP contribution in [0.1, 0.15) is 0 Å². The van der Waals surface area contributed by atoms with Gasteiger partial charge < -0.3 is 21.3 Å². The van der Waals surface area contributed by atoms with E-state index in [0.29, 0.717) is 5.75 Å². The van der Waals surface area contributed by atoms with Crippen LogP contribution in [0.5, 0.6) is 5.75 Å². The van der Waals surface area contributed by atoms with Gasteiger partial charge in [0, 0.05) is 12.2 Å². The van der Waals surface area contributed by atoms with Crippen molar-refractivity contribution in [3.05, 3.63) is 48.5 Å². The van der Waals surface area contributed by atoms with Gasteiger partial charge in [0.1, 0.15) is 18.5 Å². The standard InChI is InChI=1S/C15H18N2O2/c16-9-14(18)10-19-15-6-4-11(5-7-15)12-2-1-3-13(17)8-12/h1-8,14,18H,9-10,16-17H2. The van der Waals surface area contributed by atoms with E-state index in [1.807, 2.05) is 48.5 Å². The number of nitrogens with two attached hydrogens (primary N) is 2. The predicted octanol–water partition coefficient (Wildman–Crippen LogP) is 1.63. The second-order valence-electron chi connectivity index (χ2n) is 4.35. The quantitative estimate of drug-likeness (QED) is 0.712. The van der Waals surface area contributed by atoms with Crippen LogP contribution in [0, 0.1) is 0 Å². The molecule has 2 aromatic carbocycles. The SMILES string of the molecule is NCC(O)COc1ccc(-c2cccc(N)c2)cc1. The molecule has 0 bridgehead atoms. The number of nitrogen functional groups attached to an aromatic ring is 1. The van der Waals surface area contributed by atoms with Gasteiger partial charge >= 0.3 is 0 Å². The summed E-state index contributed by atoms with van der Waals surface area (Å²) in [6.07, 6.45) is -0.631. The van der Waals surface area contributed by atoms with Crippen LogP contribution in [0.3, 0.4) is 0 Å². The highest BCUT2D eigenvalue weighted by atomic mass is 16.5. The third-order valence-corrected chi connectivity index (χ3v) is 2.79. The zero-order valence-electron chi connectivity index (χ0n) is 10.6. The lowest BCUT2D eigenvalue weighted by Crippen LogP contribution is -2.26. The Balaban J connectivity index is 2.06. The molecule has 19 heavy (non-hydrogen) atoms. The van der Waals surface area contributed by atoms with Crippen LogP contribution in [-0.2, 0) is 0 Å². The van der Waals surface area contributed by atoms with Crippen molar-refractivity contribution in [2.75, 3.05) is 18.9 Å². The van der Waals surface area contributed by atoms with Gasteiger partial charge in [0.2, 0.25) is 0 Å². The smallest absolute Gasteiger partial charge is 0.119 e. The lowest BCUT2D eigenvalue weighted by Gasteiger charge is -2.10. The summed E-state index contributed by atoms with van der Waals surface area (Å²) >= 11 is 0. The highest BCUT2D eigenvalue weighted by Gasteiger charge is 2.03. The summed E-state index contributed by atoms with van der Waals surface area (Å²) in [6.45, 7) is 0.398. The van der Waals surface area contributed by atoms with Crippen LogP contribution in [0.15, 0.2) is 48.5 Å². The second kappa shape index (κ2) is 6.22. The molecule has 4 heteroatoms. The predicted molar refractivity (Wildman–Crippen MR) is 76.8 cm³/mol. The van der Waals surface area contributed by atoms with Crippen molar-refractivity contribution in [1.82, 2.24) is 0 Å². The van der Waals surface area contributed by atoms with Crippen LogP contribution in [0.4, 0.5) is 5.69 Å². The molecule has 0 saturated carbocycles. The number of aliphatic hydroxyl groups excluding tert-OH is 1. The van der Waals surface area contributed by atoms with Gasteiger partial charge in [-0.25, -0.2) is 0 Å². The van der Waals surface area contributed by atoms with Gasteiger partial charge in [0.05, 0.1) is 0 Å². The third-order valence-electron chi connectivity index (χ3n) is 2.79. The molecule has 2 aromatic rings. The Morgan fingerprint density at radius 3 is 2.42 bits per heavy atom. The lowest BCUT2D eigenvalue weighted by atomic mass is 10.1. The zero-order valence-corrected chi connectivity index (χ0v) is 10.6. The van der Waals surface area contributed by atoms with E-state index in [2.05, 4.69) is 0 Å². The normalized spacial score (nSPS) is 12.1. The molecule has 2 rings (SSSR count). The number of rotatable bonds is 5. The van der Waals surface area contributed by atoms with Crippen LogP contribution in [0.25, 0.3) is 11.1 Å². The monoisotopic (exact) mass is 258 g/mol. The second-order valence-corrected chi connectivity index (χ2v) is 4.35. The number of benzene rings is 2. The summed E-state index contributed by atoms with van der Waals surface area (Å²) in [7, 11) is 0. The first kappa shape index (κ1) is 13.4. The first-order chi connectivity index (χ1) is 9.19. The molecule has 0 fully saturated rings. The highest BCUT2D eigenvalue weighted by molar-refractivity contribution is 5.67. The Morgan fingerprint density at radius 2 is 1.79 bits per heavy atom. The van der Waals surface area contributed by atoms with Gasteiger partial charge in [-0.1, -0.05) is 24.3 Å². The van der Waals surface area contributed by atoms with E-state index in [-0.39, 0.29) is 13.2 Å². The molecule has 4 nitrogen and oxygen atoms in total. The van der Waals surface area contributed by atoms with Crippen molar-refractivity contribution < 1.29 is 9.84 Å². The molecule has 0 saturated heterocycles. The molecule has 0 amide bonds. The van der Waals surface area contributed by atoms with E-state index < -0.39 is 6.10 Å². The molecule has 0 radical (unpaired) electrons. The summed E-state index contributed by atoms with van der Waals surface area (Å²) < 4.78 is 5.42. The van der Waals surface area contributed by atoms with Gasteiger partial charge in [-0.3, -0.25) is 0 Å². The van der Waals surface area contributed by atoms with E-state index in [1.54, 1.807) is 0 Å². The van der Waals surface area contributed by atoms with Crippen molar-refractivity contribution in [3.63, 3.8) is 0 Å². The number of hydrogen-bond acceptors (Lipinski definition) is 4. The Hall–Kier alpha value is -2.04. The molecule has 100 valence electrons. The van der Waals surface area contributed by atoms with Crippen molar-refractivity contribution >= 4 is 5.69 Å². The average Bonchev–Trinajstić information content (AvgIpc) is 2.45. The fourth-order valence-electron chi connectivity index (χ4n) is 1.72. The lowest BCUT2D eigenvalue weighted by molar-refractivity contribution is 0.114. The summed E-state index contributed by atoms with van der Waals surface area (Å²) in [5, 5.41) is 9.32. The fourth-order valence-corrected chi connectivity index (χ4v) is 1.72. The van der Waals surface area contributed by atoms with Gasteiger partial charge in [-0.2, -0.15) is 0 Å². The molecule has 1 atom stereocenters.